The molecule has 0 saturated carbocycles. The molecule has 3 aromatic rings. The number of nitrogens with zero attached hydrogens (tertiary/aromatic N) is 4. The van der Waals surface area contributed by atoms with Gasteiger partial charge in [0.15, 0.2) is 0 Å². The van der Waals surface area contributed by atoms with Crippen molar-refractivity contribution in [3.05, 3.63) is 99.0 Å². The molecule has 1 saturated heterocycles. The van der Waals surface area contributed by atoms with Gasteiger partial charge in [0.1, 0.15) is 17.6 Å². The van der Waals surface area contributed by atoms with Crippen molar-refractivity contribution in [1.82, 2.24) is 14.7 Å². The van der Waals surface area contributed by atoms with Crippen LogP contribution in [0, 0.1) is 0 Å². The van der Waals surface area contributed by atoms with Crippen molar-refractivity contribution < 1.29 is 35.7 Å². The number of rotatable bonds is 8. The number of ether oxygens (including phenoxy) is 1. The molecule has 254 valence electrons. The van der Waals surface area contributed by atoms with Gasteiger partial charge in [-0.1, -0.05) is 47.5 Å². The number of hydrogen-bond donors (Lipinski definition) is 1. The van der Waals surface area contributed by atoms with Gasteiger partial charge in [-0.05, 0) is 60.5 Å². The molecule has 2 atom stereocenters. The summed E-state index contributed by atoms with van der Waals surface area (Å²) in [7, 11) is -4.15. The molecule has 9 nitrogen and oxygen atoms in total. The molecule has 2 aliphatic heterocycles. The van der Waals surface area contributed by atoms with Crippen LogP contribution in [0.1, 0.15) is 41.3 Å². The van der Waals surface area contributed by atoms with E-state index in [9.17, 15) is 26.4 Å². The van der Waals surface area contributed by atoms with Gasteiger partial charge >= 0.3 is 12.2 Å². The first-order valence-electron chi connectivity index (χ1n) is 14.4. The Morgan fingerprint density at radius 3 is 2.06 bits per heavy atom. The first-order chi connectivity index (χ1) is 21.7. The highest BCUT2D eigenvalue weighted by Gasteiger charge is 2.45. The minimum absolute atomic E-state index is 0. The maximum absolute atomic E-state index is 14.5. The van der Waals surface area contributed by atoms with Gasteiger partial charge in [0.05, 0.1) is 29.5 Å². The molecule has 47 heavy (non-hydrogen) atoms. The summed E-state index contributed by atoms with van der Waals surface area (Å²) in [6, 6.07) is 15.2. The van der Waals surface area contributed by atoms with Gasteiger partial charge in [0.2, 0.25) is 0 Å². The van der Waals surface area contributed by atoms with E-state index in [2.05, 4.69) is 0 Å². The zero-order valence-electron chi connectivity index (χ0n) is 25.0. The lowest BCUT2D eigenvalue weighted by Crippen LogP contribution is -2.54. The highest BCUT2D eigenvalue weighted by molar-refractivity contribution is 7.85. The average molecular weight is 736 g/mol. The third-order valence-corrected chi connectivity index (χ3v) is 9.06. The van der Waals surface area contributed by atoms with E-state index in [0.29, 0.717) is 28.7 Å². The lowest BCUT2D eigenvalue weighted by molar-refractivity contribution is -0.137. The van der Waals surface area contributed by atoms with Gasteiger partial charge in [-0.15, -0.1) is 12.4 Å². The Morgan fingerprint density at radius 1 is 0.957 bits per heavy atom. The number of hydrogen-bond acceptors (Lipinski definition) is 6. The van der Waals surface area contributed by atoms with Crippen molar-refractivity contribution in [2.45, 2.75) is 25.2 Å². The van der Waals surface area contributed by atoms with Crippen molar-refractivity contribution in [3.8, 4) is 5.75 Å². The second-order valence-electron chi connectivity index (χ2n) is 10.9. The molecule has 1 N–H and O–H groups in total. The van der Waals surface area contributed by atoms with Crippen LogP contribution in [0.15, 0.2) is 71.7 Å². The number of urea groups is 1. The van der Waals surface area contributed by atoms with Gasteiger partial charge in [-0.3, -0.25) is 19.3 Å². The number of benzene rings is 3. The summed E-state index contributed by atoms with van der Waals surface area (Å²) >= 11 is 12.4. The molecule has 2 heterocycles. The summed E-state index contributed by atoms with van der Waals surface area (Å²) < 4.78 is 78.5. The quantitative estimate of drug-likeness (QED) is 0.250. The number of piperazine rings is 1. The van der Waals surface area contributed by atoms with Crippen LogP contribution in [-0.4, -0.2) is 84.6 Å². The van der Waals surface area contributed by atoms with Crippen LogP contribution in [-0.2, 0) is 16.3 Å². The maximum atomic E-state index is 14.5. The molecule has 5 rings (SSSR count). The van der Waals surface area contributed by atoms with Crippen LogP contribution in [0.4, 0.5) is 18.0 Å². The highest BCUT2D eigenvalue weighted by Crippen LogP contribution is 2.46. The molecule has 0 bridgehead atoms. The Balaban J connectivity index is 0.00000500. The number of alkyl halides is 3. The SMILES string of the molecule is CCOc1cc(C(F)(F)F)ccc1C1=NC(c2ccc(Cl)cc2)C(c2ccc(Cl)cc2)N1C(=O)N1CCN(CCS(=O)(=O)O)CC1.Cl. The Bertz CT molecular complexity index is 1700. The Kier molecular flexibility index (Phi) is 11.7. The van der Waals surface area contributed by atoms with E-state index in [1.54, 1.807) is 60.4 Å². The summed E-state index contributed by atoms with van der Waals surface area (Å²) in [5, 5.41) is 0.973. The van der Waals surface area contributed by atoms with Crippen LogP contribution in [0.3, 0.4) is 0 Å². The van der Waals surface area contributed by atoms with Crippen LogP contribution in [0.25, 0.3) is 0 Å². The highest BCUT2D eigenvalue weighted by atomic mass is 35.5. The Hall–Kier alpha value is -3.07. The third kappa shape index (κ3) is 8.70. The predicted molar refractivity (Wildman–Crippen MR) is 176 cm³/mol. The first-order valence-corrected chi connectivity index (χ1v) is 16.8. The van der Waals surface area contributed by atoms with Crippen LogP contribution < -0.4 is 4.74 Å². The van der Waals surface area contributed by atoms with Gasteiger partial charge < -0.3 is 9.64 Å². The Labute approximate surface area is 287 Å². The molecular weight excluding hydrogens is 704 g/mol. The molecule has 0 radical (unpaired) electrons. The minimum Gasteiger partial charge on any atom is -0.493 e. The predicted octanol–water partition coefficient (Wildman–Crippen LogP) is 7.00. The molecule has 2 unspecified atom stereocenters. The second-order valence-corrected chi connectivity index (χ2v) is 13.3. The third-order valence-electron chi connectivity index (χ3n) is 7.85. The molecular formula is C31H32Cl3F3N4O5S. The lowest BCUT2D eigenvalue weighted by Gasteiger charge is -2.39. The number of carbonyl (C=O) groups is 1. The zero-order chi connectivity index (χ0) is 33.2. The Morgan fingerprint density at radius 2 is 1.53 bits per heavy atom. The molecule has 0 aliphatic carbocycles. The van der Waals surface area contributed by atoms with Crippen molar-refractivity contribution in [1.29, 1.82) is 0 Å². The van der Waals surface area contributed by atoms with E-state index in [0.717, 1.165) is 17.7 Å². The number of aliphatic imine (C=N–C) groups is 1. The smallest absolute Gasteiger partial charge is 0.416 e. The monoisotopic (exact) mass is 734 g/mol. The van der Waals surface area contributed by atoms with E-state index in [-0.39, 0.29) is 55.8 Å². The van der Waals surface area contributed by atoms with Gasteiger partial charge in [0.25, 0.3) is 10.1 Å². The topological polar surface area (TPSA) is 103 Å². The summed E-state index contributed by atoms with van der Waals surface area (Å²) in [5.74, 6) is -0.370. The summed E-state index contributed by atoms with van der Waals surface area (Å²) in [4.78, 5) is 24.4. The van der Waals surface area contributed by atoms with Crippen molar-refractivity contribution in [2.75, 3.05) is 45.1 Å². The van der Waals surface area contributed by atoms with Gasteiger partial charge in [-0.25, -0.2) is 4.79 Å². The van der Waals surface area contributed by atoms with Crippen LogP contribution in [0.5, 0.6) is 5.75 Å². The van der Waals surface area contributed by atoms with Gasteiger partial charge in [0, 0.05) is 42.8 Å². The van der Waals surface area contributed by atoms with Crippen molar-refractivity contribution in [2.24, 2.45) is 4.99 Å². The molecule has 2 aliphatic rings. The number of amides is 2. The standard InChI is InChI=1S/C31H31Cl2F3N4O5S.ClH/c1-2-45-26-19-22(31(34,35)36)7-12-25(26)29-37-27(20-3-8-23(32)9-4-20)28(21-5-10-24(33)11-6-21)40(29)30(41)39-15-13-38(14-16-39)17-18-46(42,43)44;/h3-12,19,27-28H,2,13-18H2,1H3,(H,42,43,44);1H. The molecule has 16 heteroatoms. The van der Waals surface area contributed by atoms with Crippen LogP contribution in [0.2, 0.25) is 10.0 Å². The average Bonchev–Trinajstić information content (AvgIpc) is 3.40. The number of amidine groups is 1. The normalized spacial score (nSPS) is 18.9. The van der Waals surface area contributed by atoms with Crippen molar-refractivity contribution >= 4 is 57.6 Å². The summed E-state index contributed by atoms with van der Waals surface area (Å²) in [6.45, 7) is 2.99. The number of halogens is 6. The van der Waals surface area contributed by atoms with E-state index in [4.69, 9.17) is 37.5 Å². The largest absolute Gasteiger partial charge is 0.493 e. The first kappa shape index (κ1) is 36.8. The minimum atomic E-state index is -4.62. The number of carbonyl (C=O) groups excluding carboxylic acids is 1. The fourth-order valence-corrected chi connectivity index (χ4v) is 6.31. The molecule has 0 spiro atoms. The van der Waals surface area contributed by atoms with Crippen LogP contribution >= 0.6 is 35.6 Å². The molecule has 3 aromatic carbocycles. The fourth-order valence-electron chi connectivity index (χ4n) is 5.57. The van der Waals surface area contributed by atoms with E-state index < -0.39 is 45.7 Å². The summed E-state index contributed by atoms with van der Waals surface area (Å²) in [5.41, 5.74) is 0.719. The maximum Gasteiger partial charge on any atom is 0.416 e. The molecule has 1 fully saturated rings. The lowest BCUT2D eigenvalue weighted by atomic mass is 9.93. The second kappa shape index (κ2) is 15.0. The van der Waals surface area contributed by atoms with E-state index in [1.807, 2.05) is 4.90 Å². The van der Waals surface area contributed by atoms with Crippen molar-refractivity contribution in [3.63, 3.8) is 0 Å². The molecule has 0 aromatic heterocycles. The summed E-state index contributed by atoms with van der Waals surface area (Å²) in [6.07, 6.45) is -4.62. The fraction of sp³-hybridized carbons (Fsp3) is 0.355. The van der Waals surface area contributed by atoms with Gasteiger partial charge in [-0.2, -0.15) is 21.6 Å². The van der Waals surface area contributed by atoms with E-state index in [1.165, 1.54) is 11.0 Å². The molecule has 2 amide bonds. The van der Waals surface area contributed by atoms with E-state index >= 15 is 0 Å². The zero-order valence-corrected chi connectivity index (χ0v) is 28.2.